The Bertz CT molecular complexity index is 1480. The summed E-state index contributed by atoms with van der Waals surface area (Å²) in [4.78, 5) is 38.0. The zero-order valence-electron chi connectivity index (χ0n) is 42.9. The maximum Gasteiger partial charge on any atom is 0.306 e. The van der Waals surface area contributed by atoms with Gasteiger partial charge in [0.15, 0.2) is 6.10 Å². The van der Waals surface area contributed by atoms with Crippen LogP contribution in [0.3, 0.4) is 0 Å². The monoisotopic (exact) mass is 925 g/mol. The van der Waals surface area contributed by atoms with E-state index in [9.17, 15) is 14.4 Å². The molecule has 0 amide bonds. The van der Waals surface area contributed by atoms with E-state index in [1.54, 1.807) is 0 Å². The van der Waals surface area contributed by atoms with Gasteiger partial charge in [0.1, 0.15) is 13.2 Å². The minimum Gasteiger partial charge on any atom is -0.462 e. The number of allylic oxidation sites excluding steroid dienone is 22. The zero-order chi connectivity index (χ0) is 48.6. The summed E-state index contributed by atoms with van der Waals surface area (Å²) in [6.45, 7) is 6.27. The zero-order valence-corrected chi connectivity index (χ0v) is 42.9. The molecular weight excluding hydrogens is 829 g/mol. The van der Waals surface area contributed by atoms with Crippen LogP contribution in [0.1, 0.15) is 213 Å². The highest BCUT2D eigenvalue weighted by atomic mass is 16.6. The molecule has 0 aliphatic carbocycles. The number of unbranched alkanes of at least 4 members (excludes halogenated alkanes) is 13. The van der Waals surface area contributed by atoms with E-state index in [0.29, 0.717) is 19.3 Å². The van der Waals surface area contributed by atoms with Crippen LogP contribution < -0.4 is 0 Å². The van der Waals surface area contributed by atoms with Gasteiger partial charge in [0.05, 0.1) is 0 Å². The van der Waals surface area contributed by atoms with E-state index >= 15 is 0 Å². The first-order chi connectivity index (χ1) is 33.0. The molecule has 376 valence electrons. The number of rotatable bonds is 46. The third kappa shape index (κ3) is 52.4. The molecule has 0 saturated carbocycles. The van der Waals surface area contributed by atoms with Crippen LogP contribution >= 0.6 is 0 Å². The molecule has 0 bridgehead atoms. The lowest BCUT2D eigenvalue weighted by Gasteiger charge is -2.18. The molecule has 0 radical (unpaired) electrons. The third-order valence-electron chi connectivity index (χ3n) is 10.6. The number of carbonyl (C=O) groups excluding carboxylic acids is 3. The number of hydrogen-bond acceptors (Lipinski definition) is 6. The van der Waals surface area contributed by atoms with Crippen molar-refractivity contribution in [2.75, 3.05) is 13.2 Å². The second-order valence-corrected chi connectivity index (χ2v) is 17.0. The van der Waals surface area contributed by atoms with Crippen molar-refractivity contribution in [3.8, 4) is 0 Å². The average Bonchev–Trinajstić information content (AvgIpc) is 3.33. The van der Waals surface area contributed by atoms with E-state index in [2.05, 4.69) is 142 Å². The van der Waals surface area contributed by atoms with Crippen LogP contribution in [0.2, 0.25) is 0 Å². The molecule has 6 heteroatoms. The van der Waals surface area contributed by atoms with Crippen LogP contribution in [-0.2, 0) is 28.6 Å². The molecule has 1 atom stereocenters. The molecule has 0 aliphatic heterocycles. The van der Waals surface area contributed by atoms with E-state index in [1.807, 2.05) is 12.2 Å². The lowest BCUT2D eigenvalue weighted by Crippen LogP contribution is -2.30. The van der Waals surface area contributed by atoms with Crippen LogP contribution in [0.25, 0.3) is 0 Å². The van der Waals surface area contributed by atoms with Gasteiger partial charge >= 0.3 is 17.9 Å². The SMILES string of the molecule is CC/C=C\C/C=C\C/C=C\C/C=C\C/C=C\CCC(=O)OC(COC(=O)CCCCC/C=C\C/C=C\C/C=C\C/C=C\CC)COC(=O)CCCCCCCCC/C=C\C/C=C\CCCCC. The quantitative estimate of drug-likeness (QED) is 0.0262. The first kappa shape index (κ1) is 62.5. The summed E-state index contributed by atoms with van der Waals surface area (Å²) < 4.78 is 16.7. The van der Waals surface area contributed by atoms with E-state index in [4.69, 9.17) is 14.2 Å². The third-order valence-corrected chi connectivity index (χ3v) is 10.6. The molecule has 0 rings (SSSR count). The summed E-state index contributed by atoms with van der Waals surface area (Å²) in [5.74, 6) is -1.06. The molecule has 0 N–H and O–H groups in total. The highest BCUT2D eigenvalue weighted by molar-refractivity contribution is 5.71. The Labute approximate surface area is 411 Å². The smallest absolute Gasteiger partial charge is 0.306 e. The van der Waals surface area contributed by atoms with Gasteiger partial charge in [-0.25, -0.2) is 0 Å². The van der Waals surface area contributed by atoms with Crippen molar-refractivity contribution in [3.63, 3.8) is 0 Å². The van der Waals surface area contributed by atoms with Crippen molar-refractivity contribution in [2.45, 2.75) is 219 Å². The van der Waals surface area contributed by atoms with Crippen molar-refractivity contribution in [1.82, 2.24) is 0 Å². The van der Waals surface area contributed by atoms with Crippen molar-refractivity contribution < 1.29 is 28.6 Å². The molecule has 0 aliphatic rings. The highest BCUT2D eigenvalue weighted by Gasteiger charge is 2.19. The van der Waals surface area contributed by atoms with Gasteiger partial charge in [-0.05, 0) is 122 Å². The minimum absolute atomic E-state index is 0.127. The first-order valence-electron chi connectivity index (χ1n) is 26.7. The van der Waals surface area contributed by atoms with Crippen LogP contribution in [0.15, 0.2) is 134 Å². The van der Waals surface area contributed by atoms with Crippen LogP contribution in [0.5, 0.6) is 0 Å². The number of hydrogen-bond donors (Lipinski definition) is 0. The number of esters is 3. The molecular formula is C61H96O6. The van der Waals surface area contributed by atoms with Crippen LogP contribution in [0, 0.1) is 0 Å². The van der Waals surface area contributed by atoms with Gasteiger partial charge < -0.3 is 14.2 Å². The standard InChI is InChI=1S/C61H96O6/c1-4-7-10-13-16-19-22-25-28-31-34-36-39-42-45-48-51-54-60(63)66-57-58(67-61(64)55-52-49-46-43-40-37-33-30-27-24-21-18-15-12-9-6-3)56-65-59(62)53-50-47-44-41-38-35-32-29-26-23-20-17-14-11-8-5-2/h8-9,11-12,16-21,25-30,35,37-38,40,46,49,58H,4-7,10,13-15,22-24,31-34,36,39,41-45,47-48,50-57H2,1-3H3/b11-8-,12-9-,19-16-,20-17-,21-18-,28-25-,29-26-,30-27-,38-35-,40-37-,49-46-. The molecule has 0 aromatic heterocycles. The fourth-order valence-corrected chi connectivity index (χ4v) is 6.69. The normalized spacial score (nSPS) is 13.2. The lowest BCUT2D eigenvalue weighted by molar-refractivity contribution is -0.166. The maximum absolute atomic E-state index is 12.8. The predicted octanol–water partition coefficient (Wildman–Crippen LogP) is 17.9. The molecule has 0 aromatic carbocycles. The number of ether oxygens (including phenoxy) is 3. The summed E-state index contributed by atoms with van der Waals surface area (Å²) in [6, 6.07) is 0. The van der Waals surface area contributed by atoms with Gasteiger partial charge in [0, 0.05) is 19.3 Å². The Morgan fingerprint density at radius 1 is 0.313 bits per heavy atom. The summed E-state index contributed by atoms with van der Waals surface area (Å²) in [5, 5.41) is 0. The molecule has 1 unspecified atom stereocenters. The topological polar surface area (TPSA) is 78.9 Å². The van der Waals surface area contributed by atoms with Crippen LogP contribution in [-0.4, -0.2) is 37.2 Å². The molecule has 0 heterocycles. The average molecular weight is 925 g/mol. The van der Waals surface area contributed by atoms with Gasteiger partial charge in [-0.15, -0.1) is 0 Å². The summed E-state index contributed by atoms with van der Waals surface area (Å²) in [5.41, 5.74) is 0. The summed E-state index contributed by atoms with van der Waals surface area (Å²) in [7, 11) is 0. The highest BCUT2D eigenvalue weighted by Crippen LogP contribution is 2.12. The maximum atomic E-state index is 12.8. The molecule has 6 nitrogen and oxygen atoms in total. The van der Waals surface area contributed by atoms with E-state index in [1.165, 1.54) is 51.4 Å². The molecule has 67 heavy (non-hydrogen) atoms. The molecule has 0 saturated heterocycles. The first-order valence-corrected chi connectivity index (χ1v) is 26.7. The fraction of sp³-hybridized carbons (Fsp3) is 0.590. The largest absolute Gasteiger partial charge is 0.462 e. The molecule has 0 aromatic rings. The van der Waals surface area contributed by atoms with E-state index in [-0.39, 0.29) is 31.6 Å². The molecule has 0 fully saturated rings. The van der Waals surface area contributed by atoms with Gasteiger partial charge in [-0.3, -0.25) is 14.4 Å². The Balaban J connectivity index is 4.58. The summed E-state index contributed by atoms with van der Waals surface area (Å²) >= 11 is 0. The Morgan fingerprint density at radius 3 is 0.985 bits per heavy atom. The Morgan fingerprint density at radius 2 is 0.612 bits per heavy atom. The minimum atomic E-state index is -0.839. The van der Waals surface area contributed by atoms with Crippen molar-refractivity contribution in [2.24, 2.45) is 0 Å². The fourth-order valence-electron chi connectivity index (χ4n) is 6.69. The van der Waals surface area contributed by atoms with Gasteiger partial charge in [-0.1, -0.05) is 206 Å². The van der Waals surface area contributed by atoms with Crippen molar-refractivity contribution in [3.05, 3.63) is 134 Å². The van der Waals surface area contributed by atoms with Gasteiger partial charge in [-0.2, -0.15) is 0 Å². The molecule has 0 spiro atoms. The van der Waals surface area contributed by atoms with Gasteiger partial charge in [0.25, 0.3) is 0 Å². The van der Waals surface area contributed by atoms with Crippen molar-refractivity contribution in [1.29, 1.82) is 0 Å². The Kier molecular flexibility index (Phi) is 50.6. The summed E-state index contributed by atoms with van der Waals surface area (Å²) in [6.07, 6.45) is 75.9. The predicted molar refractivity (Wildman–Crippen MR) is 288 cm³/mol. The second-order valence-electron chi connectivity index (χ2n) is 17.0. The second kappa shape index (κ2) is 54.2. The van der Waals surface area contributed by atoms with Gasteiger partial charge in [0.2, 0.25) is 0 Å². The van der Waals surface area contributed by atoms with Crippen molar-refractivity contribution >= 4 is 17.9 Å². The lowest BCUT2D eigenvalue weighted by atomic mass is 10.1. The van der Waals surface area contributed by atoms with E-state index in [0.717, 1.165) is 116 Å². The van der Waals surface area contributed by atoms with E-state index < -0.39 is 12.1 Å². The number of carbonyl (C=O) groups is 3. The van der Waals surface area contributed by atoms with Crippen LogP contribution in [0.4, 0.5) is 0 Å². The Hall–Kier alpha value is -4.45.